The lowest BCUT2D eigenvalue weighted by Gasteiger charge is -2.13. The van der Waals surface area contributed by atoms with E-state index in [9.17, 15) is 0 Å². The number of rotatable bonds is 5. The van der Waals surface area contributed by atoms with Gasteiger partial charge in [-0.2, -0.15) is 0 Å². The fourth-order valence-electron chi connectivity index (χ4n) is 3.85. The second-order valence-corrected chi connectivity index (χ2v) is 7.56. The Bertz CT molecular complexity index is 1260. The van der Waals surface area contributed by atoms with Crippen LogP contribution in [0.2, 0.25) is 0 Å². The third-order valence-electron chi connectivity index (χ3n) is 5.50. The van der Waals surface area contributed by atoms with E-state index >= 15 is 0 Å². The van der Waals surface area contributed by atoms with E-state index in [0.717, 1.165) is 11.4 Å². The van der Waals surface area contributed by atoms with Gasteiger partial charge in [-0.05, 0) is 46.0 Å². The summed E-state index contributed by atoms with van der Waals surface area (Å²) in [5, 5.41) is 3.58. The fourth-order valence-corrected chi connectivity index (χ4v) is 3.85. The van der Waals surface area contributed by atoms with Gasteiger partial charge in [-0.3, -0.25) is 0 Å². The molecule has 0 atom stereocenters. The van der Waals surface area contributed by atoms with Crippen molar-refractivity contribution in [2.75, 3.05) is 5.32 Å². The molecule has 0 bridgehead atoms. The highest BCUT2D eigenvalue weighted by atomic mass is 14.9. The molecule has 0 amide bonds. The van der Waals surface area contributed by atoms with Crippen molar-refractivity contribution in [2.45, 2.75) is 13.8 Å². The number of benzene rings is 5. The molecule has 5 aromatic rings. The van der Waals surface area contributed by atoms with Crippen LogP contribution in [-0.2, 0) is 0 Å². The molecule has 0 radical (unpaired) electrons. The third kappa shape index (κ3) is 5.39. The summed E-state index contributed by atoms with van der Waals surface area (Å²) in [6, 6.07) is 46.8. The zero-order valence-electron chi connectivity index (χ0n) is 19.2. The van der Waals surface area contributed by atoms with E-state index in [1.54, 1.807) is 0 Å². The molecule has 162 valence electrons. The van der Waals surface area contributed by atoms with Gasteiger partial charge < -0.3 is 5.32 Å². The molecule has 33 heavy (non-hydrogen) atoms. The first-order chi connectivity index (χ1) is 16.4. The Labute approximate surface area is 197 Å². The summed E-state index contributed by atoms with van der Waals surface area (Å²) in [5.74, 6) is 0. The molecule has 1 heteroatoms. The van der Waals surface area contributed by atoms with Crippen molar-refractivity contribution in [1.82, 2.24) is 0 Å². The highest BCUT2D eigenvalue weighted by Crippen LogP contribution is 2.31. The Morgan fingerprint density at radius 1 is 0.364 bits per heavy atom. The molecule has 5 rings (SSSR count). The van der Waals surface area contributed by atoms with Crippen LogP contribution in [-0.4, -0.2) is 0 Å². The van der Waals surface area contributed by atoms with Crippen molar-refractivity contribution >= 4 is 11.4 Å². The zero-order chi connectivity index (χ0) is 22.9. The molecule has 0 spiro atoms. The Kier molecular flexibility index (Phi) is 7.35. The standard InChI is InChI=1S/C30H23N.C2H6/c1-3-9-23(10-4-1)24-15-17-25(18-16-24)26-19-21-28(22-20-26)31-30-14-8-7-13-29(30)27-11-5-2-6-12-27;1-2/h1-22,31H;1-2H3. The molecule has 0 aliphatic carbocycles. The molecule has 5 aromatic carbocycles. The Hall–Kier alpha value is -4.10. The summed E-state index contributed by atoms with van der Waals surface area (Å²) in [6.07, 6.45) is 0. The Morgan fingerprint density at radius 2 is 0.758 bits per heavy atom. The first kappa shape index (κ1) is 22.1. The monoisotopic (exact) mass is 427 g/mol. The Balaban J connectivity index is 0.00000126. The summed E-state index contributed by atoms with van der Waals surface area (Å²) in [4.78, 5) is 0. The van der Waals surface area contributed by atoms with E-state index in [0.29, 0.717) is 0 Å². The lowest BCUT2D eigenvalue weighted by atomic mass is 10.00. The van der Waals surface area contributed by atoms with E-state index in [-0.39, 0.29) is 0 Å². The van der Waals surface area contributed by atoms with Gasteiger partial charge >= 0.3 is 0 Å². The lowest BCUT2D eigenvalue weighted by Crippen LogP contribution is -1.93. The molecule has 0 saturated heterocycles. The van der Waals surface area contributed by atoms with Crippen LogP contribution in [0.25, 0.3) is 33.4 Å². The van der Waals surface area contributed by atoms with Crippen LogP contribution in [0.1, 0.15) is 13.8 Å². The van der Waals surface area contributed by atoms with E-state index in [4.69, 9.17) is 0 Å². The molecular formula is C32H29N. The predicted molar refractivity (Wildman–Crippen MR) is 144 cm³/mol. The predicted octanol–water partition coefficient (Wildman–Crippen LogP) is 9.46. The molecular weight excluding hydrogens is 398 g/mol. The minimum absolute atomic E-state index is 1.08. The molecule has 1 nitrogen and oxygen atoms in total. The SMILES string of the molecule is CC.c1ccc(-c2ccc(-c3ccc(Nc4ccccc4-c4ccccc4)cc3)cc2)cc1. The summed E-state index contributed by atoms with van der Waals surface area (Å²) >= 11 is 0. The number of anilines is 2. The number of nitrogens with one attached hydrogen (secondary N) is 1. The molecule has 0 unspecified atom stereocenters. The number of hydrogen-bond acceptors (Lipinski definition) is 1. The first-order valence-electron chi connectivity index (χ1n) is 11.5. The van der Waals surface area contributed by atoms with Gasteiger partial charge in [0.15, 0.2) is 0 Å². The van der Waals surface area contributed by atoms with Gasteiger partial charge in [-0.15, -0.1) is 0 Å². The van der Waals surface area contributed by atoms with Crippen molar-refractivity contribution in [2.24, 2.45) is 0 Å². The number of hydrogen-bond donors (Lipinski definition) is 1. The molecule has 0 saturated carbocycles. The quantitative estimate of drug-likeness (QED) is 0.294. The molecule has 1 N–H and O–H groups in total. The molecule has 0 aliphatic rings. The van der Waals surface area contributed by atoms with E-state index < -0.39 is 0 Å². The molecule has 0 fully saturated rings. The van der Waals surface area contributed by atoms with Gasteiger partial charge in [0, 0.05) is 16.9 Å². The minimum Gasteiger partial charge on any atom is -0.355 e. The largest absolute Gasteiger partial charge is 0.355 e. The highest BCUT2D eigenvalue weighted by Gasteiger charge is 2.05. The molecule has 0 aromatic heterocycles. The van der Waals surface area contributed by atoms with Gasteiger partial charge in [-0.25, -0.2) is 0 Å². The second kappa shape index (κ2) is 11.0. The van der Waals surface area contributed by atoms with Crippen LogP contribution in [0.4, 0.5) is 11.4 Å². The summed E-state index contributed by atoms with van der Waals surface area (Å²) < 4.78 is 0. The van der Waals surface area contributed by atoms with Crippen LogP contribution >= 0.6 is 0 Å². The van der Waals surface area contributed by atoms with Gasteiger partial charge in [0.25, 0.3) is 0 Å². The lowest BCUT2D eigenvalue weighted by molar-refractivity contribution is 1.50. The van der Waals surface area contributed by atoms with Gasteiger partial charge in [0.1, 0.15) is 0 Å². The van der Waals surface area contributed by atoms with Gasteiger partial charge in [0.2, 0.25) is 0 Å². The second-order valence-electron chi connectivity index (χ2n) is 7.56. The van der Waals surface area contributed by atoms with Gasteiger partial charge in [0.05, 0.1) is 0 Å². The summed E-state index contributed by atoms with van der Waals surface area (Å²) in [7, 11) is 0. The van der Waals surface area contributed by atoms with Crippen LogP contribution in [0.15, 0.2) is 133 Å². The van der Waals surface area contributed by atoms with E-state index in [1.807, 2.05) is 26.0 Å². The average molecular weight is 428 g/mol. The zero-order valence-corrected chi connectivity index (χ0v) is 19.2. The minimum atomic E-state index is 1.08. The highest BCUT2D eigenvalue weighted by molar-refractivity contribution is 5.81. The third-order valence-corrected chi connectivity index (χ3v) is 5.50. The van der Waals surface area contributed by atoms with Crippen LogP contribution in [0.5, 0.6) is 0 Å². The molecule has 0 heterocycles. The Morgan fingerprint density at radius 3 is 1.30 bits per heavy atom. The fraction of sp³-hybridized carbons (Fsp3) is 0.0625. The van der Waals surface area contributed by atoms with E-state index in [2.05, 4.69) is 127 Å². The first-order valence-corrected chi connectivity index (χ1v) is 11.5. The maximum absolute atomic E-state index is 3.58. The average Bonchev–Trinajstić information content (AvgIpc) is 2.92. The van der Waals surface area contributed by atoms with Gasteiger partial charge in [-0.1, -0.05) is 129 Å². The normalized spacial score (nSPS) is 10.1. The smallest absolute Gasteiger partial charge is 0.0463 e. The van der Waals surface area contributed by atoms with Crippen LogP contribution in [0, 0.1) is 0 Å². The summed E-state index contributed by atoms with van der Waals surface area (Å²) in [5.41, 5.74) is 9.49. The topological polar surface area (TPSA) is 12.0 Å². The van der Waals surface area contributed by atoms with Crippen molar-refractivity contribution in [3.8, 4) is 33.4 Å². The van der Waals surface area contributed by atoms with Crippen molar-refractivity contribution in [1.29, 1.82) is 0 Å². The maximum atomic E-state index is 3.58. The maximum Gasteiger partial charge on any atom is 0.0463 e. The van der Waals surface area contributed by atoms with Crippen molar-refractivity contribution in [3.63, 3.8) is 0 Å². The summed E-state index contributed by atoms with van der Waals surface area (Å²) in [6.45, 7) is 4.00. The van der Waals surface area contributed by atoms with Crippen molar-refractivity contribution < 1.29 is 0 Å². The van der Waals surface area contributed by atoms with Crippen molar-refractivity contribution in [3.05, 3.63) is 133 Å². The van der Waals surface area contributed by atoms with Crippen LogP contribution in [0.3, 0.4) is 0 Å². The van der Waals surface area contributed by atoms with E-state index in [1.165, 1.54) is 33.4 Å². The van der Waals surface area contributed by atoms with Crippen LogP contribution < -0.4 is 5.32 Å². The number of para-hydroxylation sites is 1. The molecule has 0 aliphatic heterocycles.